The van der Waals surface area contributed by atoms with Crippen molar-refractivity contribution >= 4 is 6.08 Å². The van der Waals surface area contributed by atoms with Gasteiger partial charge in [0.15, 0.2) is 0 Å². The van der Waals surface area contributed by atoms with Crippen molar-refractivity contribution in [1.82, 2.24) is 0 Å². The van der Waals surface area contributed by atoms with Gasteiger partial charge in [0.05, 0.1) is 0 Å². The molecule has 1 aromatic rings. The van der Waals surface area contributed by atoms with E-state index in [1.165, 1.54) is 17.5 Å². The molecule has 1 spiro atoms. The largest absolute Gasteiger partial charge is 0.0739 e. The maximum absolute atomic E-state index is 2.42. The summed E-state index contributed by atoms with van der Waals surface area (Å²) in [6.07, 6.45) is 13.0. The molecule has 0 heterocycles. The molecule has 0 saturated heterocycles. The molecule has 4 rings (SSSR count). The van der Waals surface area contributed by atoms with Crippen LogP contribution in [0.2, 0.25) is 0 Å². The Kier molecular flexibility index (Phi) is 1.68. The van der Waals surface area contributed by atoms with Gasteiger partial charge in [-0.15, -0.1) is 0 Å². The van der Waals surface area contributed by atoms with Crippen LogP contribution in [0.3, 0.4) is 0 Å². The molecule has 3 atom stereocenters. The van der Waals surface area contributed by atoms with Crippen LogP contribution in [0.25, 0.3) is 6.08 Å². The first-order chi connectivity index (χ1) is 8.31. The van der Waals surface area contributed by atoms with E-state index in [1.54, 1.807) is 5.57 Å². The molecule has 3 aliphatic carbocycles. The molecule has 3 unspecified atom stereocenters. The standard InChI is InChI=1S/C17H16/c1-12-11-17(12)10-4-7-16(17)15-9-8-13-5-2-3-6-14(13)15/h2-10,12,15H,11H2,1H3. The van der Waals surface area contributed by atoms with E-state index in [2.05, 4.69) is 61.6 Å². The fourth-order valence-corrected chi connectivity index (χ4v) is 3.57. The van der Waals surface area contributed by atoms with Crippen LogP contribution in [-0.4, -0.2) is 0 Å². The van der Waals surface area contributed by atoms with Crippen molar-refractivity contribution in [3.63, 3.8) is 0 Å². The van der Waals surface area contributed by atoms with Gasteiger partial charge in [-0.2, -0.15) is 0 Å². The van der Waals surface area contributed by atoms with Gasteiger partial charge in [-0.1, -0.05) is 61.6 Å². The van der Waals surface area contributed by atoms with E-state index in [0.29, 0.717) is 11.3 Å². The quantitative estimate of drug-likeness (QED) is 0.661. The average Bonchev–Trinajstić information content (AvgIpc) is 2.73. The number of hydrogen-bond donors (Lipinski definition) is 0. The topological polar surface area (TPSA) is 0 Å². The Hall–Kier alpha value is -1.56. The Labute approximate surface area is 102 Å². The van der Waals surface area contributed by atoms with Crippen LogP contribution < -0.4 is 0 Å². The molecule has 0 amide bonds. The summed E-state index contributed by atoms with van der Waals surface area (Å²) in [6, 6.07) is 8.78. The van der Waals surface area contributed by atoms with Gasteiger partial charge in [0, 0.05) is 11.3 Å². The first-order valence-electron chi connectivity index (χ1n) is 6.48. The number of rotatable bonds is 1. The average molecular weight is 220 g/mol. The SMILES string of the molecule is CC1CC12C=CC=C2C1C=Cc2ccccc21. The van der Waals surface area contributed by atoms with Gasteiger partial charge in [-0.25, -0.2) is 0 Å². The van der Waals surface area contributed by atoms with Crippen LogP contribution in [0.4, 0.5) is 0 Å². The summed E-state index contributed by atoms with van der Waals surface area (Å²) < 4.78 is 0. The lowest BCUT2D eigenvalue weighted by Crippen LogP contribution is -2.08. The van der Waals surface area contributed by atoms with Crippen molar-refractivity contribution in [1.29, 1.82) is 0 Å². The zero-order chi connectivity index (χ0) is 11.5. The number of benzene rings is 1. The number of hydrogen-bond acceptors (Lipinski definition) is 0. The fourth-order valence-electron chi connectivity index (χ4n) is 3.57. The summed E-state index contributed by atoms with van der Waals surface area (Å²) in [5.74, 6) is 1.35. The molecule has 84 valence electrons. The second-order valence-corrected chi connectivity index (χ2v) is 5.59. The highest BCUT2D eigenvalue weighted by Crippen LogP contribution is 2.64. The molecule has 0 radical (unpaired) electrons. The third-order valence-corrected chi connectivity index (χ3v) is 4.70. The lowest BCUT2D eigenvalue weighted by atomic mass is 9.83. The zero-order valence-electron chi connectivity index (χ0n) is 10.1. The van der Waals surface area contributed by atoms with Crippen molar-refractivity contribution in [2.45, 2.75) is 19.3 Å². The van der Waals surface area contributed by atoms with Crippen LogP contribution in [0.5, 0.6) is 0 Å². The minimum atomic E-state index is 0.409. The van der Waals surface area contributed by atoms with Gasteiger partial charge in [-0.3, -0.25) is 0 Å². The highest BCUT2D eigenvalue weighted by molar-refractivity contribution is 5.66. The van der Waals surface area contributed by atoms with E-state index in [1.807, 2.05) is 0 Å². The Morgan fingerprint density at radius 1 is 1.24 bits per heavy atom. The lowest BCUT2D eigenvalue weighted by molar-refractivity contribution is 0.667. The van der Waals surface area contributed by atoms with E-state index >= 15 is 0 Å². The summed E-state index contributed by atoms with van der Waals surface area (Å²) in [5, 5.41) is 0. The summed E-state index contributed by atoms with van der Waals surface area (Å²) in [5.41, 5.74) is 4.91. The van der Waals surface area contributed by atoms with Crippen LogP contribution in [0.1, 0.15) is 30.4 Å². The third-order valence-electron chi connectivity index (χ3n) is 4.70. The molecule has 0 nitrogen and oxygen atoms in total. The number of fused-ring (bicyclic) bond motifs is 1. The van der Waals surface area contributed by atoms with Crippen molar-refractivity contribution in [3.8, 4) is 0 Å². The van der Waals surface area contributed by atoms with Gasteiger partial charge in [-0.05, 0) is 29.0 Å². The van der Waals surface area contributed by atoms with Crippen molar-refractivity contribution in [3.05, 3.63) is 65.3 Å². The molecule has 17 heavy (non-hydrogen) atoms. The molecular formula is C17H16. The Morgan fingerprint density at radius 3 is 2.88 bits per heavy atom. The van der Waals surface area contributed by atoms with Crippen molar-refractivity contribution in [2.24, 2.45) is 11.3 Å². The highest BCUT2D eigenvalue weighted by atomic mass is 14.6. The molecule has 1 fully saturated rings. The minimum absolute atomic E-state index is 0.409. The van der Waals surface area contributed by atoms with Crippen LogP contribution in [0.15, 0.2) is 54.1 Å². The summed E-state index contributed by atoms with van der Waals surface area (Å²) in [7, 11) is 0. The molecule has 0 heteroatoms. The minimum Gasteiger partial charge on any atom is -0.0739 e. The maximum atomic E-state index is 2.42. The predicted octanol–water partition coefficient (Wildman–Crippen LogP) is 4.32. The molecule has 1 saturated carbocycles. The van der Waals surface area contributed by atoms with E-state index < -0.39 is 0 Å². The monoisotopic (exact) mass is 220 g/mol. The zero-order valence-corrected chi connectivity index (χ0v) is 10.1. The lowest BCUT2D eigenvalue weighted by Gasteiger charge is -2.20. The fraction of sp³-hybridized carbons (Fsp3) is 0.294. The summed E-state index contributed by atoms with van der Waals surface area (Å²) in [6.45, 7) is 2.37. The third kappa shape index (κ3) is 1.13. The first-order valence-corrected chi connectivity index (χ1v) is 6.48. The second-order valence-electron chi connectivity index (χ2n) is 5.59. The molecule has 0 aromatic heterocycles. The molecule has 0 aliphatic heterocycles. The predicted molar refractivity (Wildman–Crippen MR) is 71.7 cm³/mol. The van der Waals surface area contributed by atoms with E-state index in [-0.39, 0.29) is 0 Å². The van der Waals surface area contributed by atoms with E-state index in [0.717, 1.165) is 5.92 Å². The van der Waals surface area contributed by atoms with Crippen LogP contribution >= 0.6 is 0 Å². The van der Waals surface area contributed by atoms with Crippen molar-refractivity contribution in [2.75, 3.05) is 0 Å². The van der Waals surface area contributed by atoms with Gasteiger partial charge in [0.1, 0.15) is 0 Å². The van der Waals surface area contributed by atoms with Crippen LogP contribution in [0, 0.1) is 11.3 Å². The van der Waals surface area contributed by atoms with Gasteiger partial charge >= 0.3 is 0 Å². The van der Waals surface area contributed by atoms with E-state index in [4.69, 9.17) is 0 Å². The highest BCUT2D eigenvalue weighted by Gasteiger charge is 2.54. The molecule has 0 N–H and O–H groups in total. The maximum Gasteiger partial charge on any atom is 0.0249 e. The Morgan fingerprint density at radius 2 is 2.06 bits per heavy atom. The van der Waals surface area contributed by atoms with Crippen LogP contribution in [-0.2, 0) is 0 Å². The smallest absolute Gasteiger partial charge is 0.0249 e. The van der Waals surface area contributed by atoms with Gasteiger partial charge < -0.3 is 0 Å². The number of allylic oxidation sites excluding steroid dienone is 5. The Bertz CT molecular complexity index is 573. The molecule has 0 bridgehead atoms. The second kappa shape index (κ2) is 3.01. The normalized spacial score (nSPS) is 36.4. The van der Waals surface area contributed by atoms with E-state index in [9.17, 15) is 0 Å². The van der Waals surface area contributed by atoms with Gasteiger partial charge in [0.25, 0.3) is 0 Å². The van der Waals surface area contributed by atoms with Gasteiger partial charge in [0.2, 0.25) is 0 Å². The first kappa shape index (κ1) is 9.47. The molecule has 1 aromatic carbocycles. The molecular weight excluding hydrogens is 204 g/mol. The summed E-state index contributed by atoms with van der Waals surface area (Å²) in [4.78, 5) is 0. The Balaban J connectivity index is 1.78. The van der Waals surface area contributed by atoms with Crippen molar-refractivity contribution < 1.29 is 0 Å². The summed E-state index contributed by atoms with van der Waals surface area (Å²) >= 11 is 0. The molecule has 3 aliphatic rings.